The highest BCUT2D eigenvalue weighted by Crippen LogP contribution is 2.13. The molecule has 1 saturated heterocycles. The van der Waals surface area contributed by atoms with Gasteiger partial charge in [-0.15, -0.1) is 0 Å². The number of likely N-dealkylation sites (tertiary alicyclic amines) is 1. The average molecular weight is 306 g/mol. The molecule has 3 heteroatoms. The normalized spacial score (nSPS) is 15.6. The van der Waals surface area contributed by atoms with Crippen molar-refractivity contribution in [3.05, 3.63) is 18.2 Å². The topological polar surface area (TPSA) is 31.9 Å². The van der Waals surface area contributed by atoms with E-state index in [0.717, 1.165) is 6.42 Å². The molecule has 1 aliphatic heterocycles. The van der Waals surface area contributed by atoms with Crippen molar-refractivity contribution in [2.24, 2.45) is 0 Å². The van der Waals surface area contributed by atoms with Crippen molar-refractivity contribution >= 4 is 0 Å². The Kier molecular flexibility index (Phi) is 9.32. The maximum absolute atomic E-state index is 4.06. The first kappa shape index (κ1) is 17.5. The first-order valence-corrected chi connectivity index (χ1v) is 9.65. The molecule has 1 N–H and O–H groups in total. The zero-order valence-corrected chi connectivity index (χ0v) is 14.4. The number of unbranched alkanes of at least 4 members (excludes halogenated alkanes) is 9. The fourth-order valence-corrected chi connectivity index (χ4v) is 3.49. The number of aryl methyl sites for hydroxylation is 1. The summed E-state index contributed by atoms with van der Waals surface area (Å²) in [6, 6.07) is 0. The van der Waals surface area contributed by atoms with Crippen molar-refractivity contribution in [1.29, 1.82) is 0 Å². The zero-order chi connectivity index (χ0) is 15.3. The van der Waals surface area contributed by atoms with Crippen molar-refractivity contribution in [2.45, 2.75) is 83.5 Å². The second kappa shape index (κ2) is 11.7. The average Bonchev–Trinajstić information content (AvgIpc) is 3.21. The van der Waals surface area contributed by atoms with Crippen LogP contribution in [0.15, 0.2) is 12.5 Å². The molecule has 0 spiro atoms. The lowest BCUT2D eigenvalue weighted by Crippen LogP contribution is -2.20. The lowest BCUT2D eigenvalue weighted by molar-refractivity contribution is 0.327. The van der Waals surface area contributed by atoms with Crippen LogP contribution in [0.25, 0.3) is 0 Å². The van der Waals surface area contributed by atoms with Crippen LogP contribution in [-0.2, 0) is 6.42 Å². The van der Waals surface area contributed by atoms with E-state index in [0.29, 0.717) is 0 Å². The molecule has 0 aliphatic carbocycles. The van der Waals surface area contributed by atoms with E-state index in [2.05, 4.69) is 14.9 Å². The number of aromatic nitrogens is 2. The predicted octanol–water partition coefficient (Wildman–Crippen LogP) is 4.95. The molecular weight excluding hydrogens is 270 g/mol. The van der Waals surface area contributed by atoms with Crippen molar-refractivity contribution in [3.63, 3.8) is 0 Å². The Morgan fingerprint density at radius 3 is 2.00 bits per heavy atom. The molecule has 0 unspecified atom stereocenters. The quantitative estimate of drug-likeness (QED) is 0.523. The molecule has 0 radical (unpaired) electrons. The summed E-state index contributed by atoms with van der Waals surface area (Å²) < 4.78 is 0. The van der Waals surface area contributed by atoms with E-state index in [4.69, 9.17) is 0 Å². The van der Waals surface area contributed by atoms with Crippen LogP contribution in [0, 0.1) is 0 Å². The van der Waals surface area contributed by atoms with Crippen LogP contribution in [-0.4, -0.2) is 34.5 Å². The summed E-state index contributed by atoms with van der Waals surface area (Å²) in [6.45, 7) is 4.08. The molecule has 2 rings (SSSR count). The van der Waals surface area contributed by atoms with Crippen LogP contribution in [0.3, 0.4) is 0 Å². The molecule has 0 saturated carbocycles. The Morgan fingerprint density at radius 1 is 0.818 bits per heavy atom. The molecular formula is C19H35N3. The molecule has 2 heterocycles. The van der Waals surface area contributed by atoms with Gasteiger partial charge in [-0.2, -0.15) is 0 Å². The first-order chi connectivity index (χ1) is 10.9. The van der Waals surface area contributed by atoms with Gasteiger partial charge >= 0.3 is 0 Å². The van der Waals surface area contributed by atoms with E-state index >= 15 is 0 Å². The van der Waals surface area contributed by atoms with Gasteiger partial charge in [-0.25, -0.2) is 4.98 Å². The summed E-state index contributed by atoms with van der Waals surface area (Å²) in [5.74, 6) is 0. The van der Waals surface area contributed by atoms with Crippen LogP contribution in [0.4, 0.5) is 0 Å². The van der Waals surface area contributed by atoms with Crippen LogP contribution in [0.5, 0.6) is 0 Å². The molecule has 1 aromatic rings. The third-order valence-corrected chi connectivity index (χ3v) is 4.92. The third-order valence-electron chi connectivity index (χ3n) is 4.92. The van der Waals surface area contributed by atoms with Crippen LogP contribution in [0.1, 0.15) is 82.7 Å². The van der Waals surface area contributed by atoms with Gasteiger partial charge in [0.2, 0.25) is 0 Å². The fraction of sp³-hybridized carbons (Fsp3) is 0.842. The SMILES string of the molecule is c1ncc(CCCCCCCCCCCCN2CCCC2)[nH]1. The van der Waals surface area contributed by atoms with Gasteiger partial charge in [0.25, 0.3) is 0 Å². The Morgan fingerprint density at radius 2 is 1.41 bits per heavy atom. The minimum Gasteiger partial charge on any atom is -0.348 e. The first-order valence-electron chi connectivity index (χ1n) is 9.65. The molecule has 0 aromatic carbocycles. The van der Waals surface area contributed by atoms with E-state index in [1.807, 2.05) is 6.20 Å². The van der Waals surface area contributed by atoms with Gasteiger partial charge in [0.15, 0.2) is 0 Å². The molecule has 3 nitrogen and oxygen atoms in total. The second-order valence-corrected chi connectivity index (χ2v) is 6.91. The number of aromatic amines is 1. The molecule has 1 fully saturated rings. The van der Waals surface area contributed by atoms with Crippen molar-refractivity contribution < 1.29 is 0 Å². The van der Waals surface area contributed by atoms with E-state index < -0.39 is 0 Å². The van der Waals surface area contributed by atoms with Gasteiger partial charge in [-0.05, 0) is 51.7 Å². The summed E-state index contributed by atoms with van der Waals surface area (Å²) in [7, 11) is 0. The minimum absolute atomic E-state index is 1.16. The Hall–Kier alpha value is -0.830. The smallest absolute Gasteiger partial charge is 0.0921 e. The van der Waals surface area contributed by atoms with Gasteiger partial charge in [0.1, 0.15) is 0 Å². The molecule has 1 aromatic heterocycles. The number of hydrogen-bond donors (Lipinski definition) is 1. The predicted molar refractivity (Wildman–Crippen MR) is 94.1 cm³/mol. The van der Waals surface area contributed by atoms with E-state index in [1.54, 1.807) is 6.33 Å². The number of nitrogens with one attached hydrogen (secondary N) is 1. The van der Waals surface area contributed by atoms with Crippen molar-refractivity contribution in [3.8, 4) is 0 Å². The largest absolute Gasteiger partial charge is 0.348 e. The van der Waals surface area contributed by atoms with Gasteiger partial charge < -0.3 is 9.88 Å². The summed E-state index contributed by atoms with van der Waals surface area (Å²) in [4.78, 5) is 9.87. The number of imidazole rings is 1. The Balaban J connectivity index is 1.26. The van der Waals surface area contributed by atoms with Gasteiger partial charge in [0, 0.05) is 11.9 Å². The van der Waals surface area contributed by atoms with E-state index in [-0.39, 0.29) is 0 Å². The van der Waals surface area contributed by atoms with Crippen LogP contribution < -0.4 is 0 Å². The highest BCUT2D eigenvalue weighted by molar-refractivity contribution is 4.93. The summed E-state index contributed by atoms with van der Waals surface area (Å²) in [5, 5.41) is 0. The lowest BCUT2D eigenvalue weighted by Gasteiger charge is -2.13. The fourth-order valence-electron chi connectivity index (χ4n) is 3.49. The van der Waals surface area contributed by atoms with Gasteiger partial charge in [-0.3, -0.25) is 0 Å². The summed E-state index contributed by atoms with van der Waals surface area (Å²) in [5.41, 5.74) is 1.29. The highest BCUT2D eigenvalue weighted by Gasteiger charge is 2.09. The standard InChI is InChI=1S/C19H35N3/c1(3-5-7-9-13-19-17-20-18-21-19)2-4-6-8-10-14-22-15-11-12-16-22/h17-18H,1-16H2,(H,20,21). The highest BCUT2D eigenvalue weighted by atomic mass is 15.1. The number of hydrogen-bond acceptors (Lipinski definition) is 2. The molecule has 0 amide bonds. The maximum Gasteiger partial charge on any atom is 0.0921 e. The minimum atomic E-state index is 1.16. The lowest BCUT2D eigenvalue weighted by atomic mass is 10.1. The van der Waals surface area contributed by atoms with Gasteiger partial charge in [0.05, 0.1) is 6.33 Å². The van der Waals surface area contributed by atoms with E-state index in [9.17, 15) is 0 Å². The monoisotopic (exact) mass is 305 g/mol. The van der Waals surface area contributed by atoms with Crippen LogP contribution >= 0.6 is 0 Å². The van der Waals surface area contributed by atoms with Gasteiger partial charge in [-0.1, -0.05) is 51.4 Å². The number of rotatable bonds is 13. The second-order valence-electron chi connectivity index (χ2n) is 6.91. The zero-order valence-electron chi connectivity index (χ0n) is 14.4. The number of H-pyrrole nitrogens is 1. The van der Waals surface area contributed by atoms with E-state index in [1.165, 1.54) is 102 Å². The molecule has 0 bridgehead atoms. The third kappa shape index (κ3) is 7.98. The molecule has 22 heavy (non-hydrogen) atoms. The molecule has 126 valence electrons. The van der Waals surface area contributed by atoms with Crippen LogP contribution in [0.2, 0.25) is 0 Å². The Labute approximate surface area is 136 Å². The summed E-state index contributed by atoms with van der Waals surface area (Å²) >= 11 is 0. The number of nitrogens with zero attached hydrogens (tertiary/aromatic N) is 2. The maximum atomic E-state index is 4.06. The Bertz CT molecular complexity index is 342. The molecule has 0 atom stereocenters. The van der Waals surface area contributed by atoms with Crippen molar-refractivity contribution in [2.75, 3.05) is 19.6 Å². The molecule has 1 aliphatic rings. The summed E-state index contributed by atoms with van der Waals surface area (Å²) in [6.07, 6.45) is 21.9. The van der Waals surface area contributed by atoms with Crippen molar-refractivity contribution in [1.82, 2.24) is 14.9 Å².